The molecule has 1 atom stereocenters. The van der Waals surface area contributed by atoms with Gasteiger partial charge >= 0.3 is 0 Å². The lowest BCUT2D eigenvalue weighted by Gasteiger charge is -2.08. The number of rotatable bonds is 2. The van der Waals surface area contributed by atoms with Crippen LogP contribution in [-0.4, -0.2) is 5.11 Å². The van der Waals surface area contributed by atoms with E-state index in [-0.39, 0.29) is 22.5 Å². The maximum Gasteiger partial charge on any atom is 0.196 e. The molecule has 3 nitrogen and oxygen atoms in total. The third-order valence-electron chi connectivity index (χ3n) is 2.85. The quantitative estimate of drug-likeness (QED) is 0.842. The van der Waals surface area contributed by atoms with Gasteiger partial charge in [-0.15, -0.1) is 0 Å². The molecule has 1 aromatic carbocycles. The molecule has 1 aromatic heterocycles. The van der Waals surface area contributed by atoms with E-state index in [1.807, 2.05) is 13.8 Å². The van der Waals surface area contributed by atoms with Crippen molar-refractivity contribution in [3.05, 3.63) is 40.2 Å². The number of hydrogen-bond acceptors (Lipinski definition) is 3. The van der Waals surface area contributed by atoms with Gasteiger partial charge < -0.3 is 9.52 Å². The number of phenolic OH excluding ortho intramolecular Hbond substituents is 1. The Labute approximate surface area is 93.3 Å². The van der Waals surface area contributed by atoms with Crippen molar-refractivity contribution in [1.29, 1.82) is 0 Å². The minimum absolute atomic E-state index is 0.0260. The lowest BCUT2D eigenvalue weighted by Crippen LogP contribution is -2.04. The van der Waals surface area contributed by atoms with Crippen LogP contribution in [0.2, 0.25) is 0 Å². The maximum absolute atomic E-state index is 11.8. The molecule has 16 heavy (non-hydrogen) atoms. The van der Waals surface area contributed by atoms with Crippen LogP contribution in [0.25, 0.3) is 11.0 Å². The van der Waals surface area contributed by atoms with Crippen LogP contribution in [0.15, 0.2) is 33.5 Å². The van der Waals surface area contributed by atoms with Crippen molar-refractivity contribution in [2.45, 2.75) is 26.2 Å². The number of benzene rings is 1. The van der Waals surface area contributed by atoms with E-state index in [4.69, 9.17) is 4.42 Å². The molecule has 1 N–H and O–H groups in total. The molecule has 0 aliphatic heterocycles. The average molecular weight is 218 g/mol. The summed E-state index contributed by atoms with van der Waals surface area (Å²) in [6.45, 7) is 4.05. The van der Waals surface area contributed by atoms with E-state index >= 15 is 0 Å². The maximum atomic E-state index is 11.8. The van der Waals surface area contributed by atoms with Crippen molar-refractivity contribution in [1.82, 2.24) is 0 Å². The van der Waals surface area contributed by atoms with Crippen molar-refractivity contribution in [3.63, 3.8) is 0 Å². The number of hydrogen-bond donors (Lipinski definition) is 1. The van der Waals surface area contributed by atoms with E-state index in [0.29, 0.717) is 11.3 Å². The van der Waals surface area contributed by atoms with Crippen molar-refractivity contribution >= 4 is 11.0 Å². The van der Waals surface area contributed by atoms with Crippen LogP contribution in [0.1, 0.15) is 31.9 Å². The highest BCUT2D eigenvalue weighted by Crippen LogP contribution is 2.25. The molecule has 2 aromatic rings. The predicted octanol–water partition coefficient (Wildman–Crippen LogP) is 3.01. The fraction of sp³-hybridized carbons (Fsp3) is 0.308. The Kier molecular flexibility index (Phi) is 2.69. The standard InChI is InChI=1S/C13H14O3/c1-3-8(2)12-7-10(15)13-9(14)5-4-6-11(13)16-12/h4-8,14H,3H2,1-2H3. The topological polar surface area (TPSA) is 50.4 Å². The Hall–Kier alpha value is -1.77. The second-order valence-electron chi connectivity index (χ2n) is 3.97. The van der Waals surface area contributed by atoms with Crippen LogP contribution in [0, 0.1) is 0 Å². The van der Waals surface area contributed by atoms with E-state index in [1.54, 1.807) is 12.1 Å². The summed E-state index contributed by atoms with van der Waals surface area (Å²) in [6.07, 6.45) is 0.910. The van der Waals surface area contributed by atoms with Gasteiger partial charge in [-0.3, -0.25) is 4.79 Å². The number of phenols is 1. The van der Waals surface area contributed by atoms with Crippen LogP contribution < -0.4 is 5.43 Å². The van der Waals surface area contributed by atoms with Crippen LogP contribution in [0.3, 0.4) is 0 Å². The van der Waals surface area contributed by atoms with Gasteiger partial charge in [0.2, 0.25) is 0 Å². The summed E-state index contributed by atoms with van der Waals surface area (Å²) < 4.78 is 5.62. The summed E-state index contributed by atoms with van der Waals surface area (Å²) in [7, 11) is 0. The predicted molar refractivity (Wildman–Crippen MR) is 62.9 cm³/mol. The van der Waals surface area contributed by atoms with Gasteiger partial charge in [-0.2, -0.15) is 0 Å². The average Bonchev–Trinajstić information content (AvgIpc) is 2.27. The molecule has 0 aliphatic carbocycles. The van der Waals surface area contributed by atoms with E-state index in [2.05, 4.69) is 0 Å². The Morgan fingerprint density at radius 1 is 1.44 bits per heavy atom. The molecule has 1 heterocycles. The minimum Gasteiger partial charge on any atom is -0.507 e. The Morgan fingerprint density at radius 2 is 2.19 bits per heavy atom. The van der Waals surface area contributed by atoms with Gasteiger partial charge in [0.15, 0.2) is 5.43 Å². The molecule has 0 spiro atoms. The first-order valence-corrected chi connectivity index (χ1v) is 5.39. The summed E-state index contributed by atoms with van der Waals surface area (Å²) in [4.78, 5) is 11.8. The molecule has 0 bridgehead atoms. The first-order valence-electron chi connectivity index (χ1n) is 5.39. The zero-order valence-electron chi connectivity index (χ0n) is 9.36. The van der Waals surface area contributed by atoms with Crippen molar-refractivity contribution in [2.75, 3.05) is 0 Å². The normalized spacial score (nSPS) is 12.9. The summed E-state index contributed by atoms with van der Waals surface area (Å²) in [5.74, 6) is 0.854. The van der Waals surface area contributed by atoms with E-state index in [0.717, 1.165) is 6.42 Å². The first-order chi connectivity index (χ1) is 7.63. The smallest absolute Gasteiger partial charge is 0.196 e. The molecule has 0 aliphatic rings. The van der Waals surface area contributed by atoms with E-state index in [9.17, 15) is 9.90 Å². The molecular formula is C13H14O3. The van der Waals surface area contributed by atoms with Gasteiger partial charge in [0.25, 0.3) is 0 Å². The zero-order valence-corrected chi connectivity index (χ0v) is 9.36. The summed E-state index contributed by atoms with van der Waals surface area (Å²) in [6, 6.07) is 6.32. The highest BCUT2D eigenvalue weighted by molar-refractivity contribution is 5.82. The molecule has 0 saturated heterocycles. The third kappa shape index (κ3) is 1.69. The fourth-order valence-electron chi connectivity index (χ4n) is 1.65. The molecule has 0 saturated carbocycles. The first kappa shape index (κ1) is 10.7. The van der Waals surface area contributed by atoms with Gasteiger partial charge in [-0.1, -0.05) is 19.9 Å². The van der Waals surface area contributed by atoms with Crippen molar-refractivity contribution in [3.8, 4) is 5.75 Å². The van der Waals surface area contributed by atoms with E-state index < -0.39 is 0 Å². The summed E-state index contributed by atoms with van der Waals surface area (Å²) in [5, 5.41) is 9.84. The lowest BCUT2D eigenvalue weighted by atomic mass is 10.0. The van der Waals surface area contributed by atoms with E-state index in [1.165, 1.54) is 12.1 Å². The number of aromatic hydroxyl groups is 1. The molecule has 3 heteroatoms. The second-order valence-corrected chi connectivity index (χ2v) is 3.97. The van der Waals surface area contributed by atoms with Gasteiger partial charge in [0.1, 0.15) is 22.5 Å². The van der Waals surface area contributed by atoms with Crippen LogP contribution in [0.4, 0.5) is 0 Å². The van der Waals surface area contributed by atoms with Crippen LogP contribution >= 0.6 is 0 Å². The van der Waals surface area contributed by atoms with Crippen molar-refractivity contribution in [2.24, 2.45) is 0 Å². The molecule has 2 rings (SSSR count). The third-order valence-corrected chi connectivity index (χ3v) is 2.85. The highest BCUT2D eigenvalue weighted by Gasteiger charge is 2.11. The molecule has 1 unspecified atom stereocenters. The fourth-order valence-corrected chi connectivity index (χ4v) is 1.65. The highest BCUT2D eigenvalue weighted by atomic mass is 16.3. The van der Waals surface area contributed by atoms with Gasteiger partial charge in [-0.25, -0.2) is 0 Å². The summed E-state index contributed by atoms with van der Waals surface area (Å²) in [5.41, 5.74) is 0.262. The monoisotopic (exact) mass is 218 g/mol. The van der Waals surface area contributed by atoms with Crippen LogP contribution in [-0.2, 0) is 0 Å². The van der Waals surface area contributed by atoms with Gasteiger partial charge in [-0.05, 0) is 18.6 Å². The number of fused-ring (bicyclic) bond motifs is 1. The molecule has 0 fully saturated rings. The second kappa shape index (κ2) is 4.00. The minimum atomic E-state index is -0.186. The Bertz CT molecular complexity index is 569. The largest absolute Gasteiger partial charge is 0.507 e. The van der Waals surface area contributed by atoms with Gasteiger partial charge in [0, 0.05) is 12.0 Å². The van der Waals surface area contributed by atoms with Crippen LogP contribution in [0.5, 0.6) is 5.75 Å². The molecular weight excluding hydrogens is 204 g/mol. The summed E-state index contributed by atoms with van der Waals surface area (Å²) >= 11 is 0. The zero-order chi connectivity index (χ0) is 11.7. The SMILES string of the molecule is CCC(C)c1cc(=O)c2c(O)cccc2o1. The van der Waals surface area contributed by atoms with Crippen molar-refractivity contribution < 1.29 is 9.52 Å². The Morgan fingerprint density at radius 3 is 2.88 bits per heavy atom. The molecule has 0 amide bonds. The molecule has 0 radical (unpaired) electrons. The Balaban J connectivity index is 2.74. The lowest BCUT2D eigenvalue weighted by molar-refractivity contribution is 0.470. The molecule has 84 valence electrons. The van der Waals surface area contributed by atoms with Gasteiger partial charge in [0.05, 0.1) is 0 Å².